The lowest BCUT2D eigenvalue weighted by atomic mass is 10.1. The largest absolute Gasteiger partial charge is 0.260 e. The first-order valence-corrected chi connectivity index (χ1v) is 6.69. The molecule has 1 heterocycles. The highest BCUT2D eigenvalue weighted by atomic mass is 79.9. The summed E-state index contributed by atoms with van der Waals surface area (Å²) in [6.45, 7) is 2.93. The molecule has 0 atom stereocenters. The molecule has 0 amide bonds. The second-order valence-electron chi connectivity index (χ2n) is 4.45. The van der Waals surface area contributed by atoms with E-state index in [4.69, 9.17) is 0 Å². The van der Waals surface area contributed by atoms with E-state index < -0.39 is 0 Å². The van der Waals surface area contributed by atoms with E-state index in [-0.39, 0.29) is 0 Å². The van der Waals surface area contributed by atoms with Crippen LogP contribution in [0.5, 0.6) is 0 Å². The average molecular weight is 301 g/mol. The Hall–Kier alpha value is -1.61. The molecule has 0 aliphatic heterocycles. The summed E-state index contributed by atoms with van der Waals surface area (Å²) in [7, 11) is 0. The highest BCUT2D eigenvalue weighted by Gasteiger charge is 2.07. The third-order valence-electron chi connectivity index (χ3n) is 3.06. The predicted molar refractivity (Wildman–Crippen MR) is 77.7 cm³/mol. The van der Waals surface area contributed by atoms with Gasteiger partial charge in [0.1, 0.15) is 0 Å². The zero-order chi connectivity index (χ0) is 12.5. The van der Waals surface area contributed by atoms with Crippen LogP contribution in [-0.4, -0.2) is 9.78 Å². The van der Waals surface area contributed by atoms with Gasteiger partial charge in [-0.1, -0.05) is 46.3 Å². The molecule has 0 saturated carbocycles. The third-order valence-corrected chi connectivity index (χ3v) is 3.52. The first-order chi connectivity index (χ1) is 8.74. The van der Waals surface area contributed by atoms with Crippen LogP contribution in [0.15, 0.2) is 53.1 Å². The number of nitrogens with zero attached hydrogens (tertiary/aromatic N) is 2. The molecule has 90 valence electrons. The van der Waals surface area contributed by atoms with E-state index in [1.54, 1.807) is 0 Å². The van der Waals surface area contributed by atoms with Crippen LogP contribution >= 0.6 is 15.9 Å². The fourth-order valence-electron chi connectivity index (χ4n) is 2.28. The Bertz CT molecular complexity index is 686. The number of hydrogen-bond acceptors (Lipinski definition) is 1. The zero-order valence-corrected chi connectivity index (χ0v) is 11.7. The number of halogens is 1. The van der Waals surface area contributed by atoms with Gasteiger partial charge >= 0.3 is 0 Å². The van der Waals surface area contributed by atoms with Gasteiger partial charge in [-0.25, -0.2) is 0 Å². The maximum Gasteiger partial charge on any atom is 0.0716 e. The second kappa shape index (κ2) is 4.58. The number of fused-ring (bicyclic) bond motifs is 1. The van der Waals surface area contributed by atoms with Crippen molar-refractivity contribution in [2.75, 3.05) is 0 Å². The molecule has 3 rings (SSSR count). The van der Waals surface area contributed by atoms with E-state index in [0.717, 1.165) is 11.0 Å². The molecule has 0 spiro atoms. The molecule has 0 unspecified atom stereocenters. The van der Waals surface area contributed by atoms with E-state index >= 15 is 0 Å². The molecule has 0 bridgehead atoms. The van der Waals surface area contributed by atoms with Crippen molar-refractivity contribution in [2.45, 2.75) is 13.5 Å². The number of rotatable bonds is 2. The van der Waals surface area contributed by atoms with E-state index in [9.17, 15) is 0 Å². The van der Waals surface area contributed by atoms with Gasteiger partial charge in [0.2, 0.25) is 0 Å². The first kappa shape index (κ1) is 11.5. The van der Waals surface area contributed by atoms with Gasteiger partial charge in [-0.05, 0) is 30.2 Å². The molecule has 2 aromatic carbocycles. The fourth-order valence-corrected chi connectivity index (χ4v) is 2.87. The zero-order valence-electron chi connectivity index (χ0n) is 10.1. The molecule has 0 aliphatic rings. The van der Waals surface area contributed by atoms with Gasteiger partial charge in [-0.3, -0.25) is 4.68 Å². The summed E-state index contributed by atoms with van der Waals surface area (Å²) in [6.07, 6.45) is 1.93. The van der Waals surface area contributed by atoms with Crippen molar-refractivity contribution in [2.24, 2.45) is 0 Å². The summed E-state index contributed by atoms with van der Waals surface area (Å²) in [4.78, 5) is 0. The molecule has 0 N–H and O–H groups in total. The fraction of sp³-hybridized carbons (Fsp3) is 0.133. The summed E-state index contributed by atoms with van der Waals surface area (Å²) in [5.41, 5.74) is 3.72. The SMILES string of the molecule is Cc1cc(Br)cc2cnn(Cc3ccccc3)c12. The molecule has 3 aromatic rings. The Morgan fingerprint density at radius 3 is 2.72 bits per heavy atom. The van der Waals surface area contributed by atoms with Crippen molar-refractivity contribution in [3.63, 3.8) is 0 Å². The average Bonchev–Trinajstić information content (AvgIpc) is 2.73. The number of aromatic nitrogens is 2. The van der Waals surface area contributed by atoms with Gasteiger partial charge in [0, 0.05) is 9.86 Å². The number of benzene rings is 2. The van der Waals surface area contributed by atoms with Gasteiger partial charge in [0.05, 0.1) is 18.3 Å². The van der Waals surface area contributed by atoms with Crippen molar-refractivity contribution in [3.05, 3.63) is 64.3 Å². The molecule has 0 aliphatic carbocycles. The Balaban J connectivity index is 2.08. The minimum absolute atomic E-state index is 0.812. The van der Waals surface area contributed by atoms with Crippen molar-refractivity contribution < 1.29 is 0 Å². The Morgan fingerprint density at radius 2 is 1.94 bits per heavy atom. The van der Waals surface area contributed by atoms with E-state index in [1.807, 2.05) is 12.3 Å². The highest BCUT2D eigenvalue weighted by molar-refractivity contribution is 9.10. The molecule has 2 nitrogen and oxygen atoms in total. The van der Waals surface area contributed by atoms with Crippen molar-refractivity contribution in [1.82, 2.24) is 9.78 Å². The standard InChI is InChI=1S/C15H13BrN2/c1-11-7-14(16)8-13-9-17-18(15(11)13)10-12-5-3-2-4-6-12/h2-9H,10H2,1H3. The molecule has 0 fully saturated rings. The van der Waals surface area contributed by atoms with Crippen LogP contribution < -0.4 is 0 Å². The first-order valence-electron chi connectivity index (χ1n) is 5.89. The molecule has 3 heteroatoms. The van der Waals surface area contributed by atoms with Crippen LogP contribution in [0.4, 0.5) is 0 Å². The van der Waals surface area contributed by atoms with E-state index in [0.29, 0.717) is 0 Å². The lowest BCUT2D eigenvalue weighted by Gasteiger charge is -2.06. The smallest absolute Gasteiger partial charge is 0.0716 e. The summed E-state index contributed by atoms with van der Waals surface area (Å²) < 4.78 is 3.17. The normalized spacial score (nSPS) is 11.0. The minimum atomic E-state index is 0.812. The quantitative estimate of drug-likeness (QED) is 0.695. The van der Waals surface area contributed by atoms with Crippen molar-refractivity contribution in [3.8, 4) is 0 Å². The van der Waals surface area contributed by atoms with Crippen molar-refractivity contribution >= 4 is 26.8 Å². The van der Waals surface area contributed by atoms with E-state index in [2.05, 4.69) is 69.0 Å². The predicted octanol–water partition coefficient (Wildman–Crippen LogP) is 4.16. The summed E-state index contributed by atoms with van der Waals surface area (Å²) in [5, 5.41) is 5.67. The van der Waals surface area contributed by atoms with Crippen molar-refractivity contribution in [1.29, 1.82) is 0 Å². The maximum atomic E-state index is 4.49. The molecule has 1 aromatic heterocycles. The second-order valence-corrected chi connectivity index (χ2v) is 5.36. The maximum absolute atomic E-state index is 4.49. The highest BCUT2D eigenvalue weighted by Crippen LogP contribution is 2.24. The van der Waals surface area contributed by atoms with E-state index in [1.165, 1.54) is 22.0 Å². The number of aryl methyl sites for hydroxylation is 1. The lowest BCUT2D eigenvalue weighted by Crippen LogP contribution is -2.02. The number of hydrogen-bond donors (Lipinski definition) is 0. The van der Waals surface area contributed by atoms with Crippen LogP contribution in [0.25, 0.3) is 10.9 Å². The van der Waals surface area contributed by atoms with Gasteiger partial charge < -0.3 is 0 Å². The lowest BCUT2D eigenvalue weighted by molar-refractivity contribution is 0.710. The topological polar surface area (TPSA) is 17.8 Å². The Kier molecular flexibility index (Phi) is 2.92. The van der Waals surface area contributed by atoms with Crippen LogP contribution in [0.3, 0.4) is 0 Å². The monoisotopic (exact) mass is 300 g/mol. The molecular formula is C15H13BrN2. The van der Waals surface area contributed by atoms with Crippen LogP contribution in [0, 0.1) is 6.92 Å². The summed E-state index contributed by atoms with van der Waals surface area (Å²) >= 11 is 3.52. The third kappa shape index (κ3) is 2.06. The Morgan fingerprint density at radius 1 is 1.17 bits per heavy atom. The molecule has 0 radical (unpaired) electrons. The molecule has 18 heavy (non-hydrogen) atoms. The van der Waals surface area contributed by atoms with Gasteiger partial charge in [0.15, 0.2) is 0 Å². The summed E-state index contributed by atoms with van der Waals surface area (Å²) in [6, 6.07) is 14.6. The van der Waals surface area contributed by atoms with Gasteiger partial charge in [-0.2, -0.15) is 5.10 Å². The van der Waals surface area contributed by atoms with Gasteiger partial charge in [0.25, 0.3) is 0 Å². The molecule has 0 saturated heterocycles. The molecular weight excluding hydrogens is 288 g/mol. The Labute approximate surface area is 114 Å². The minimum Gasteiger partial charge on any atom is -0.260 e. The van der Waals surface area contributed by atoms with Crippen LogP contribution in [0.2, 0.25) is 0 Å². The van der Waals surface area contributed by atoms with Crippen LogP contribution in [-0.2, 0) is 6.54 Å². The van der Waals surface area contributed by atoms with Gasteiger partial charge in [-0.15, -0.1) is 0 Å². The summed E-state index contributed by atoms with van der Waals surface area (Å²) in [5.74, 6) is 0. The van der Waals surface area contributed by atoms with Crippen LogP contribution in [0.1, 0.15) is 11.1 Å².